The molecule has 0 aromatic rings. The Labute approximate surface area is 84.1 Å². The minimum Gasteiger partial charge on any atom is -0.309 e. The maximum Gasteiger partial charge on any atom is 0.401 e. The lowest BCUT2D eigenvalue weighted by Gasteiger charge is -2.27. The first-order chi connectivity index (χ1) is 6.13. The Balaban J connectivity index is 3.56. The second-order valence-corrected chi connectivity index (χ2v) is 4.85. The molecule has 0 radical (unpaired) electrons. The van der Waals surface area contributed by atoms with Gasteiger partial charge in [-0.1, -0.05) is 27.7 Å². The monoisotopic (exact) mass is 211 g/mol. The fraction of sp³-hybridized carbons (Fsp3) is 1.00. The topological polar surface area (TPSA) is 12.0 Å². The molecule has 0 rings (SSSR count). The summed E-state index contributed by atoms with van der Waals surface area (Å²) in [6.07, 6.45) is -3.31. The molecule has 0 bridgehead atoms. The smallest absolute Gasteiger partial charge is 0.309 e. The summed E-state index contributed by atoms with van der Waals surface area (Å²) >= 11 is 0. The molecule has 0 spiro atoms. The number of nitrogens with one attached hydrogen (secondary N) is 1. The van der Waals surface area contributed by atoms with Crippen LogP contribution in [0.3, 0.4) is 0 Å². The fourth-order valence-electron chi connectivity index (χ4n) is 0.982. The average Bonchev–Trinajstić information content (AvgIpc) is 1.93. The van der Waals surface area contributed by atoms with E-state index in [1.54, 1.807) is 0 Å². The van der Waals surface area contributed by atoms with Gasteiger partial charge in [0.15, 0.2) is 0 Å². The van der Waals surface area contributed by atoms with Gasteiger partial charge in [-0.05, 0) is 24.3 Å². The Hall–Kier alpha value is -0.250. The fourth-order valence-corrected chi connectivity index (χ4v) is 0.982. The Morgan fingerprint density at radius 2 is 1.64 bits per heavy atom. The number of hydrogen-bond acceptors (Lipinski definition) is 1. The number of rotatable bonds is 4. The molecular weight excluding hydrogens is 191 g/mol. The van der Waals surface area contributed by atoms with Crippen LogP contribution in [0.1, 0.15) is 34.1 Å². The molecule has 0 fully saturated rings. The molecule has 1 N–H and O–H groups in total. The van der Waals surface area contributed by atoms with Gasteiger partial charge in [-0.25, -0.2) is 0 Å². The van der Waals surface area contributed by atoms with Crippen molar-refractivity contribution in [3.05, 3.63) is 0 Å². The zero-order chi connectivity index (χ0) is 11.4. The lowest BCUT2D eigenvalue weighted by Crippen LogP contribution is -2.31. The molecule has 0 saturated heterocycles. The van der Waals surface area contributed by atoms with Crippen molar-refractivity contribution in [2.24, 2.45) is 11.3 Å². The van der Waals surface area contributed by atoms with E-state index in [2.05, 4.69) is 33.0 Å². The van der Waals surface area contributed by atoms with Gasteiger partial charge in [0.25, 0.3) is 0 Å². The van der Waals surface area contributed by atoms with Gasteiger partial charge in [0.1, 0.15) is 0 Å². The van der Waals surface area contributed by atoms with Gasteiger partial charge in [0.2, 0.25) is 0 Å². The van der Waals surface area contributed by atoms with E-state index >= 15 is 0 Å². The molecule has 0 amide bonds. The molecule has 0 heterocycles. The third kappa shape index (κ3) is 7.18. The van der Waals surface area contributed by atoms with Crippen molar-refractivity contribution in [2.75, 3.05) is 13.1 Å². The van der Waals surface area contributed by atoms with Crippen LogP contribution in [0.2, 0.25) is 0 Å². The predicted octanol–water partition coefficient (Wildman–Crippen LogP) is 3.21. The van der Waals surface area contributed by atoms with Crippen LogP contribution in [-0.2, 0) is 0 Å². The highest BCUT2D eigenvalue weighted by Crippen LogP contribution is 2.27. The zero-order valence-electron chi connectivity index (χ0n) is 9.33. The van der Waals surface area contributed by atoms with E-state index in [0.717, 1.165) is 6.42 Å². The molecule has 0 aliphatic rings. The quantitative estimate of drug-likeness (QED) is 0.704. The second kappa shape index (κ2) is 5.01. The normalized spacial score (nSPS) is 15.6. The minimum absolute atomic E-state index is 0.167. The Kier molecular flexibility index (Phi) is 4.92. The van der Waals surface area contributed by atoms with Crippen molar-refractivity contribution in [2.45, 2.75) is 40.3 Å². The van der Waals surface area contributed by atoms with E-state index < -0.39 is 12.7 Å². The summed E-state index contributed by atoms with van der Waals surface area (Å²) in [7, 11) is 0. The van der Waals surface area contributed by atoms with Gasteiger partial charge < -0.3 is 5.32 Å². The lowest BCUT2D eigenvalue weighted by molar-refractivity contribution is -0.124. The van der Waals surface area contributed by atoms with Crippen LogP contribution in [0.15, 0.2) is 0 Å². The Bertz CT molecular complexity index is 158. The molecule has 1 nitrogen and oxygen atoms in total. The SMILES string of the molecule is CC(CCNCC(F)(F)F)C(C)(C)C. The van der Waals surface area contributed by atoms with Gasteiger partial charge in [-0.15, -0.1) is 0 Å². The number of halogens is 3. The first-order valence-corrected chi connectivity index (χ1v) is 4.90. The molecule has 1 atom stereocenters. The van der Waals surface area contributed by atoms with Crippen LogP contribution in [-0.4, -0.2) is 19.3 Å². The number of hydrogen-bond donors (Lipinski definition) is 1. The first kappa shape index (κ1) is 13.8. The summed E-state index contributed by atoms with van der Waals surface area (Å²) in [4.78, 5) is 0. The van der Waals surface area contributed by atoms with Gasteiger partial charge in [-0.2, -0.15) is 13.2 Å². The molecule has 0 aromatic carbocycles. The van der Waals surface area contributed by atoms with Crippen molar-refractivity contribution < 1.29 is 13.2 Å². The summed E-state index contributed by atoms with van der Waals surface area (Å²) in [5.41, 5.74) is 0.167. The summed E-state index contributed by atoms with van der Waals surface area (Å²) in [6, 6.07) is 0. The van der Waals surface area contributed by atoms with E-state index in [-0.39, 0.29) is 5.41 Å². The standard InChI is InChI=1S/C10H20F3N/c1-8(9(2,3)4)5-6-14-7-10(11,12)13/h8,14H,5-7H2,1-4H3. The Morgan fingerprint density at radius 1 is 1.14 bits per heavy atom. The molecule has 0 aromatic heterocycles. The van der Waals surface area contributed by atoms with Crippen LogP contribution in [0.25, 0.3) is 0 Å². The van der Waals surface area contributed by atoms with Gasteiger partial charge in [0.05, 0.1) is 6.54 Å². The van der Waals surface area contributed by atoms with E-state index in [1.807, 2.05) is 0 Å². The van der Waals surface area contributed by atoms with Gasteiger partial charge in [0, 0.05) is 0 Å². The van der Waals surface area contributed by atoms with Crippen LogP contribution < -0.4 is 5.32 Å². The van der Waals surface area contributed by atoms with Crippen molar-refractivity contribution in [3.63, 3.8) is 0 Å². The molecule has 14 heavy (non-hydrogen) atoms. The summed E-state index contributed by atoms with van der Waals surface area (Å²) in [5.74, 6) is 0.420. The van der Waals surface area contributed by atoms with Crippen molar-refractivity contribution in [1.82, 2.24) is 5.32 Å². The van der Waals surface area contributed by atoms with Crippen LogP contribution in [0.5, 0.6) is 0 Å². The Morgan fingerprint density at radius 3 is 2.00 bits per heavy atom. The van der Waals surface area contributed by atoms with Crippen molar-refractivity contribution >= 4 is 0 Å². The predicted molar refractivity (Wildman–Crippen MR) is 52.2 cm³/mol. The summed E-state index contributed by atoms with van der Waals surface area (Å²) in [6.45, 7) is 7.90. The van der Waals surface area contributed by atoms with Crippen LogP contribution in [0.4, 0.5) is 13.2 Å². The second-order valence-electron chi connectivity index (χ2n) is 4.85. The third-order valence-corrected chi connectivity index (χ3v) is 2.56. The summed E-state index contributed by atoms with van der Waals surface area (Å²) in [5, 5.41) is 2.40. The van der Waals surface area contributed by atoms with E-state index in [9.17, 15) is 13.2 Å². The van der Waals surface area contributed by atoms with Crippen LogP contribution >= 0.6 is 0 Å². The molecule has 1 unspecified atom stereocenters. The zero-order valence-corrected chi connectivity index (χ0v) is 9.33. The van der Waals surface area contributed by atoms with E-state index in [0.29, 0.717) is 12.5 Å². The first-order valence-electron chi connectivity index (χ1n) is 4.90. The summed E-state index contributed by atoms with van der Waals surface area (Å²) < 4.78 is 35.3. The molecule has 4 heteroatoms. The molecule has 86 valence electrons. The van der Waals surface area contributed by atoms with E-state index in [1.165, 1.54) is 0 Å². The maximum absolute atomic E-state index is 11.8. The van der Waals surface area contributed by atoms with Crippen molar-refractivity contribution in [1.29, 1.82) is 0 Å². The highest BCUT2D eigenvalue weighted by atomic mass is 19.4. The largest absolute Gasteiger partial charge is 0.401 e. The molecule has 0 saturated carbocycles. The van der Waals surface area contributed by atoms with Crippen molar-refractivity contribution in [3.8, 4) is 0 Å². The molecule has 0 aliphatic heterocycles. The third-order valence-electron chi connectivity index (χ3n) is 2.56. The van der Waals surface area contributed by atoms with Gasteiger partial charge >= 0.3 is 6.18 Å². The average molecular weight is 211 g/mol. The molecular formula is C10H20F3N. The number of alkyl halides is 3. The minimum atomic E-state index is -4.09. The van der Waals surface area contributed by atoms with Gasteiger partial charge in [-0.3, -0.25) is 0 Å². The highest BCUT2D eigenvalue weighted by Gasteiger charge is 2.26. The lowest BCUT2D eigenvalue weighted by atomic mass is 9.80. The maximum atomic E-state index is 11.8. The molecule has 0 aliphatic carbocycles. The van der Waals surface area contributed by atoms with E-state index in [4.69, 9.17) is 0 Å². The highest BCUT2D eigenvalue weighted by molar-refractivity contribution is 4.71. The van der Waals surface area contributed by atoms with Crippen LogP contribution in [0, 0.1) is 11.3 Å².